The van der Waals surface area contributed by atoms with E-state index >= 15 is 0 Å². The standard InChI is InChI=1S/C19H24FN/c1-3-4-6-11-18(16-9-7-5-8-10-16)21-19-14-15(2)12-13-17(19)20/h5,7-10,12-14,18,21H,3-4,6,11H2,1-2H3. The number of nitrogens with one attached hydrogen (secondary N) is 1. The van der Waals surface area contributed by atoms with Gasteiger partial charge in [0, 0.05) is 0 Å². The van der Waals surface area contributed by atoms with Gasteiger partial charge in [-0.05, 0) is 36.6 Å². The second-order valence-electron chi connectivity index (χ2n) is 5.59. The molecule has 1 nitrogen and oxygen atoms in total. The highest BCUT2D eigenvalue weighted by Crippen LogP contribution is 2.27. The van der Waals surface area contributed by atoms with E-state index in [2.05, 4.69) is 24.4 Å². The molecular weight excluding hydrogens is 261 g/mol. The van der Waals surface area contributed by atoms with E-state index in [-0.39, 0.29) is 11.9 Å². The summed E-state index contributed by atoms with van der Waals surface area (Å²) in [7, 11) is 0. The monoisotopic (exact) mass is 285 g/mol. The van der Waals surface area contributed by atoms with Crippen LogP contribution >= 0.6 is 0 Å². The summed E-state index contributed by atoms with van der Waals surface area (Å²) in [6.45, 7) is 4.18. The highest BCUT2D eigenvalue weighted by Gasteiger charge is 2.13. The fourth-order valence-electron chi connectivity index (χ4n) is 2.54. The van der Waals surface area contributed by atoms with E-state index < -0.39 is 0 Å². The van der Waals surface area contributed by atoms with Crippen molar-refractivity contribution in [2.24, 2.45) is 0 Å². The van der Waals surface area contributed by atoms with Crippen molar-refractivity contribution in [2.45, 2.75) is 45.6 Å². The number of anilines is 1. The summed E-state index contributed by atoms with van der Waals surface area (Å²) in [5, 5.41) is 3.39. The molecule has 2 rings (SSSR count). The van der Waals surface area contributed by atoms with Crippen LogP contribution in [-0.4, -0.2) is 0 Å². The van der Waals surface area contributed by atoms with E-state index in [1.807, 2.05) is 31.2 Å². The Labute approximate surface area is 127 Å². The number of unbranched alkanes of at least 4 members (excludes halogenated alkanes) is 2. The van der Waals surface area contributed by atoms with Crippen LogP contribution in [0, 0.1) is 12.7 Å². The van der Waals surface area contributed by atoms with Crippen molar-refractivity contribution in [3.63, 3.8) is 0 Å². The molecular formula is C19H24FN. The molecule has 0 aliphatic carbocycles. The molecule has 0 radical (unpaired) electrons. The minimum atomic E-state index is -0.183. The molecule has 0 saturated carbocycles. The Balaban J connectivity index is 2.17. The fraction of sp³-hybridized carbons (Fsp3) is 0.368. The van der Waals surface area contributed by atoms with Gasteiger partial charge in [-0.3, -0.25) is 0 Å². The van der Waals surface area contributed by atoms with Gasteiger partial charge in [-0.2, -0.15) is 0 Å². The summed E-state index contributed by atoms with van der Waals surface area (Å²) in [6.07, 6.45) is 4.57. The number of rotatable bonds is 7. The lowest BCUT2D eigenvalue weighted by Gasteiger charge is -2.21. The first-order chi connectivity index (χ1) is 10.2. The molecule has 2 aromatic rings. The second kappa shape index (κ2) is 7.82. The van der Waals surface area contributed by atoms with E-state index in [9.17, 15) is 4.39 Å². The van der Waals surface area contributed by atoms with Crippen LogP contribution in [0.5, 0.6) is 0 Å². The second-order valence-corrected chi connectivity index (χ2v) is 5.59. The van der Waals surface area contributed by atoms with Crippen LogP contribution in [0.4, 0.5) is 10.1 Å². The Morgan fingerprint density at radius 3 is 2.52 bits per heavy atom. The van der Waals surface area contributed by atoms with Crippen LogP contribution in [0.15, 0.2) is 48.5 Å². The van der Waals surface area contributed by atoms with E-state index in [1.54, 1.807) is 6.07 Å². The van der Waals surface area contributed by atoms with Gasteiger partial charge in [-0.25, -0.2) is 4.39 Å². The molecule has 1 atom stereocenters. The topological polar surface area (TPSA) is 12.0 Å². The lowest BCUT2D eigenvalue weighted by atomic mass is 10.00. The highest BCUT2D eigenvalue weighted by atomic mass is 19.1. The minimum absolute atomic E-state index is 0.161. The molecule has 0 amide bonds. The first kappa shape index (κ1) is 15.6. The molecule has 2 aromatic carbocycles. The Kier molecular flexibility index (Phi) is 5.79. The molecule has 1 N–H and O–H groups in total. The van der Waals surface area contributed by atoms with E-state index in [0.29, 0.717) is 5.69 Å². The molecule has 0 saturated heterocycles. The van der Waals surface area contributed by atoms with E-state index in [4.69, 9.17) is 0 Å². The van der Waals surface area contributed by atoms with Crippen molar-refractivity contribution in [3.8, 4) is 0 Å². The van der Waals surface area contributed by atoms with Gasteiger partial charge in [0.15, 0.2) is 0 Å². The number of hydrogen-bond acceptors (Lipinski definition) is 1. The summed E-state index contributed by atoms with van der Waals surface area (Å²) < 4.78 is 14.0. The normalized spacial score (nSPS) is 12.1. The fourth-order valence-corrected chi connectivity index (χ4v) is 2.54. The lowest BCUT2D eigenvalue weighted by molar-refractivity contribution is 0.592. The lowest BCUT2D eigenvalue weighted by Crippen LogP contribution is -2.12. The molecule has 0 bridgehead atoms. The zero-order chi connectivity index (χ0) is 15.1. The van der Waals surface area contributed by atoms with Crippen LogP contribution in [0.25, 0.3) is 0 Å². The zero-order valence-corrected chi connectivity index (χ0v) is 12.9. The van der Waals surface area contributed by atoms with Crippen molar-refractivity contribution >= 4 is 5.69 Å². The van der Waals surface area contributed by atoms with Gasteiger partial charge in [0.25, 0.3) is 0 Å². The van der Waals surface area contributed by atoms with Crippen molar-refractivity contribution in [2.75, 3.05) is 5.32 Å². The number of halogens is 1. The Morgan fingerprint density at radius 2 is 1.81 bits per heavy atom. The summed E-state index contributed by atoms with van der Waals surface area (Å²) in [4.78, 5) is 0. The number of benzene rings is 2. The zero-order valence-electron chi connectivity index (χ0n) is 12.9. The summed E-state index contributed by atoms with van der Waals surface area (Å²) in [5.74, 6) is -0.183. The van der Waals surface area contributed by atoms with E-state index in [1.165, 1.54) is 24.5 Å². The Bertz CT molecular complexity index is 551. The predicted octanol–water partition coefficient (Wildman–Crippen LogP) is 5.87. The maximum absolute atomic E-state index is 14.0. The predicted molar refractivity (Wildman–Crippen MR) is 88.1 cm³/mol. The molecule has 21 heavy (non-hydrogen) atoms. The Morgan fingerprint density at radius 1 is 1.05 bits per heavy atom. The van der Waals surface area contributed by atoms with E-state index in [0.717, 1.165) is 18.4 Å². The van der Waals surface area contributed by atoms with Gasteiger partial charge in [-0.15, -0.1) is 0 Å². The van der Waals surface area contributed by atoms with Gasteiger partial charge in [0.2, 0.25) is 0 Å². The molecule has 0 fully saturated rings. The van der Waals surface area contributed by atoms with Crippen LogP contribution < -0.4 is 5.32 Å². The quantitative estimate of drug-likeness (QED) is 0.627. The molecule has 0 heterocycles. The van der Waals surface area contributed by atoms with Crippen molar-refractivity contribution < 1.29 is 4.39 Å². The molecule has 0 aliphatic heterocycles. The molecule has 1 unspecified atom stereocenters. The third kappa shape index (κ3) is 4.59. The number of hydrogen-bond donors (Lipinski definition) is 1. The maximum atomic E-state index is 14.0. The molecule has 0 spiro atoms. The molecule has 112 valence electrons. The van der Waals surface area contributed by atoms with Crippen LogP contribution in [-0.2, 0) is 0 Å². The maximum Gasteiger partial charge on any atom is 0.146 e. The summed E-state index contributed by atoms with van der Waals surface area (Å²) >= 11 is 0. The van der Waals surface area contributed by atoms with Crippen molar-refractivity contribution in [1.29, 1.82) is 0 Å². The van der Waals surface area contributed by atoms with Crippen LogP contribution in [0.1, 0.15) is 49.8 Å². The highest BCUT2D eigenvalue weighted by molar-refractivity contribution is 5.49. The number of aryl methyl sites for hydroxylation is 1. The minimum Gasteiger partial charge on any atom is -0.376 e. The largest absolute Gasteiger partial charge is 0.376 e. The molecule has 0 aromatic heterocycles. The van der Waals surface area contributed by atoms with Gasteiger partial charge in [0.1, 0.15) is 5.82 Å². The smallest absolute Gasteiger partial charge is 0.146 e. The van der Waals surface area contributed by atoms with Gasteiger partial charge in [0.05, 0.1) is 11.7 Å². The first-order valence-electron chi connectivity index (χ1n) is 7.78. The third-order valence-electron chi connectivity index (χ3n) is 3.75. The van der Waals surface area contributed by atoms with Crippen LogP contribution in [0.2, 0.25) is 0 Å². The average molecular weight is 285 g/mol. The van der Waals surface area contributed by atoms with Crippen molar-refractivity contribution in [3.05, 3.63) is 65.5 Å². The Hall–Kier alpha value is -1.83. The molecule has 2 heteroatoms. The van der Waals surface area contributed by atoms with Gasteiger partial charge < -0.3 is 5.32 Å². The van der Waals surface area contributed by atoms with Crippen LogP contribution in [0.3, 0.4) is 0 Å². The molecule has 0 aliphatic rings. The van der Waals surface area contributed by atoms with Gasteiger partial charge in [-0.1, -0.05) is 62.6 Å². The summed E-state index contributed by atoms with van der Waals surface area (Å²) in [6, 6.07) is 15.7. The van der Waals surface area contributed by atoms with Crippen molar-refractivity contribution in [1.82, 2.24) is 0 Å². The van der Waals surface area contributed by atoms with Gasteiger partial charge >= 0.3 is 0 Å². The average Bonchev–Trinajstić information content (AvgIpc) is 2.51. The third-order valence-corrected chi connectivity index (χ3v) is 3.75. The first-order valence-corrected chi connectivity index (χ1v) is 7.78. The summed E-state index contributed by atoms with van der Waals surface area (Å²) in [5.41, 5.74) is 2.88. The SMILES string of the molecule is CCCCCC(Nc1cc(C)ccc1F)c1ccccc1.